The van der Waals surface area contributed by atoms with Crippen LogP contribution in [-0.2, 0) is 11.0 Å². The summed E-state index contributed by atoms with van der Waals surface area (Å²) in [6.45, 7) is 2.19. The molecule has 1 amide bonds. The molecule has 0 bridgehead atoms. The normalized spacial score (nSPS) is 11.4. The van der Waals surface area contributed by atoms with Gasteiger partial charge in [-0.15, -0.1) is 0 Å². The Hall–Kier alpha value is -3.79. The maximum Gasteiger partial charge on any atom is 0.418 e. The number of aromatic nitrogens is 2. The zero-order valence-corrected chi connectivity index (χ0v) is 19.3. The number of benzene rings is 3. The van der Waals surface area contributed by atoms with Crippen LogP contribution in [0.15, 0.2) is 82.7 Å². The highest BCUT2D eigenvalue weighted by Gasteiger charge is 2.33. The zero-order valence-electron chi connectivity index (χ0n) is 18.5. The molecule has 4 rings (SSSR count). The second kappa shape index (κ2) is 10.2. The number of carbonyl (C=O) groups excluding carboxylic acids is 1. The second-order valence-corrected chi connectivity index (χ2v) is 8.28. The van der Waals surface area contributed by atoms with Crippen LogP contribution < -0.4 is 15.6 Å². The van der Waals surface area contributed by atoms with Crippen molar-refractivity contribution in [2.75, 3.05) is 17.7 Å². The molecule has 1 heterocycles. The van der Waals surface area contributed by atoms with E-state index in [2.05, 4.69) is 10.3 Å². The van der Waals surface area contributed by atoms with Crippen LogP contribution in [0.5, 0.6) is 5.75 Å². The lowest BCUT2D eigenvalue weighted by Crippen LogP contribution is -2.23. The summed E-state index contributed by atoms with van der Waals surface area (Å²) in [4.78, 5) is 30.6. The Morgan fingerprint density at radius 3 is 2.49 bits per heavy atom. The number of halogens is 3. The number of carbonyl (C=O) groups is 1. The fourth-order valence-corrected chi connectivity index (χ4v) is 4.30. The van der Waals surface area contributed by atoms with Crippen molar-refractivity contribution < 1.29 is 22.7 Å². The zero-order chi connectivity index (χ0) is 25.0. The highest BCUT2D eigenvalue weighted by atomic mass is 32.2. The van der Waals surface area contributed by atoms with Gasteiger partial charge in [-0.25, -0.2) is 4.98 Å². The quantitative estimate of drug-likeness (QED) is 0.267. The molecule has 3 aromatic carbocycles. The van der Waals surface area contributed by atoms with Crippen molar-refractivity contribution in [3.05, 3.63) is 88.7 Å². The van der Waals surface area contributed by atoms with E-state index in [1.807, 2.05) is 6.92 Å². The van der Waals surface area contributed by atoms with Crippen molar-refractivity contribution in [1.29, 1.82) is 0 Å². The number of nitrogens with zero attached hydrogens (tertiary/aromatic N) is 2. The maximum absolute atomic E-state index is 13.4. The van der Waals surface area contributed by atoms with E-state index in [4.69, 9.17) is 4.74 Å². The molecule has 0 aliphatic heterocycles. The standard InChI is InChI=1S/C25H20F3N3O3S/c1-2-34-21-14-8-7-13-20(21)31-23(33)16-9-3-5-11-18(16)30-24(31)35-15-22(32)29-19-12-6-4-10-17(19)25(26,27)28/h3-14H,2,15H2,1H3,(H,29,32). The number of alkyl halides is 3. The van der Waals surface area contributed by atoms with Crippen molar-refractivity contribution >= 4 is 34.3 Å². The Morgan fingerprint density at radius 2 is 1.71 bits per heavy atom. The third kappa shape index (κ3) is 5.32. The summed E-state index contributed by atoms with van der Waals surface area (Å²) >= 11 is 0.941. The minimum Gasteiger partial charge on any atom is -0.492 e. The van der Waals surface area contributed by atoms with E-state index in [0.29, 0.717) is 28.9 Å². The van der Waals surface area contributed by atoms with Crippen LogP contribution in [0.3, 0.4) is 0 Å². The Kier molecular flexibility index (Phi) is 7.11. The average molecular weight is 500 g/mol. The number of rotatable bonds is 7. The molecule has 35 heavy (non-hydrogen) atoms. The largest absolute Gasteiger partial charge is 0.492 e. The van der Waals surface area contributed by atoms with E-state index < -0.39 is 17.6 Å². The number of fused-ring (bicyclic) bond motifs is 1. The number of anilines is 1. The molecule has 1 aromatic heterocycles. The number of para-hydroxylation sites is 4. The van der Waals surface area contributed by atoms with Gasteiger partial charge in [0.25, 0.3) is 5.56 Å². The molecule has 10 heteroatoms. The van der Waals surface area contributed by atoms with Crippen molar-refractivity contribution in [2.45, 2.75) is 18.3 Å². The fraction of sp³-hybridized carbons (Fsp3) is 0.160. The van der Waals surface area contributed by atoms with Gasteiger partial charge in [-0.2, -0.15) is 13.2 Å². The summed E-state index contributed by atoms with van der Waals surface area (Å²) in [7, 11) is 0. The van der Waals surface area contributed by atoms with Gasteiger partial charge in [-0.3, -0.25) is 14.2 Å². The van der Waals surface area contributed by atoms with Gasteiger partial charge in [0.2, 0.25) is 5.91 Å². The smallest absolute Gasteiger partial charge is 0.418 e. The van der Waals surface area contributed by atoms with Crippen LogP contribution in [0.2, 0.25) is 0 Å². The Balaban J connectivity index is 1.69. The lowest BCUT2D eigenvalue weighted by molar-refractivity contribution is -0.137. The van der Waals surface area contributed by atoms with Gasteiger partial charge in [-0.05, 0) is 43.3 Å². The molecule has 1 N–H and O–H groups in total. The summed E-state index contributed by atoms with van der Waals surface area (Å²) in [5.74, 6) is -0.480. The minimum atomic E-state index is -4.61. The van der Waals surface area contributed by atoms with Gasteiger partial charge < -0.3 is 10.1 Å². The summed E-state index contributed by atoms with van der Waals surface area (Å²) < 4.78 is 46.8. The summed E-state index contributed by atoms with van der Waals surface area (Å²) in [6.07, 6.45) is -4.61. The lowest BCUT2D eigenvalue weighted by atomic mass is 10.1. The first-order chi connectivity index (χ1) is 16.8. The summed E-state index contributed by atoms with van der Waals surface area (Å²) in [5, 5.41) is 2.90. The van der Waals surface area contributed by atoms with Gasteiger partial charge >= 0.3 is 6.18 Å². The average Bonchev–Trinajstić information content (AvgIpc) is 2.83. The van der Waals surface area contributed by atoms with Crippen LogP contribution in [0, 0.1) is 0 Å². The van der Waals surface area contributed by atoms with E-state index in [1.54, 1.807) is 48.5 Å². The molecule has 6 nitrogen and oxygen atoms in total. The molecule has 180 valence electrons. The van der Waals surface area contributed by atoms with Gasteiger partial charge in [0, 0.05) is 0 Å². The van der Waals surface area contributed by atoms with Gasteiger partial charge in [-0.1, -0.05) is 48.2 Å². The molecule has 0 unspecified atom stereocenters. The molecule has 0 fully saturated rings. The maximum atomic E-state index is 13.4. The monoisotopic (exact) mass is 499 g/mol. The molecule has 0 saturated carbocycles. The van der Waals surface area contributed by atoms with Crippen LogP contribution in [0.1, 0.15) is 12.5 Å². The molecule has 0 aliphatic rings. The third-order valence-corrected chi connectivity index (χ3v) is 5.93. The highest BCUT2D eigenvalue weighted by Crippen LogP contribution is 2.35. The Labute approximate surface area is 202 Å². The first kappa shape index (κ1) is 24.3. The number of hydrogen-bond donors (Lipinski definition) is 1. The molecular formula is C25H20F3N3O3S. The summed E-state index contributed by atoms with van der Waals surface area (Å²) in [5.41, 5.74) is -0.746. The number of thioether (sulfide) groups is 1. The first-order valence-electron chi connectivity index (χ1n) is 10.6. The lowest BCUT2D eigenvalue weighted by Gasteiger charge is -2.17. The van der Waals surface area contributed by atoms with E-state index in [1.165, 1.54) is 22.8 Å². The number of amides is 1. The number of ether oxygens (including phenoxy) is 1. The van der Waals surface area contributed by atoms with Gasteiger partial charge in [0.05, 0.1) is 40.2 Å². The topological polar surface area (TPSA) is 73.2 Å². The van der Waals surface area contributed by atoms with Crippen LogP contribution in [0.25, 0.3) is 16.6 Å². The van der Waals surface area contributed by atoms with E-state index in [9.17, 15) is 22.8 Å². The van der Waals surface area contributed by atoms with Gasteiger partial charge in [0.15, 0.2) is 5.16 Å². The predicted molar refractivity (Wildman–Crippen MR) is 129 cm³/mol. The SMILES string of the molecule is CCOc1ccccc1-n1c(SCC(=O)Nc2ccccc2C(F)(F)F)nc2ccccc2c1=O. The van der Waals surface area contributed by atoms with Crippen LogP contribution in [0.4, 0.5) is 18.9 Å². The third-order valence-electron chi connectivity index (χ3n) is 4.99. The summed E-state index contributed by atoms with van der Waals surface area (Å²) in [6, 6.07) is 18.5. The molecule has 0 saturated heterocycles. The van der Waals surface area contributed by atoms with E-state index in [0.717, 1.165) is 17.8 Å². The Bertz CT molecular complexity index is 1440. The second-order valence-electron chi connectivity index (χ2n) is 7.33. The number of nitrogens with one attached hydrogen (secondary N) is 1. The minimum absolute atomic E-state index is 0.208. The van der Waals surface area contributed by atoms with Crippen molar-refractivity contribution in [3.63, 3.8) is 0 Å². The highest BCUT2D eigenvalue weighted by molar-refractivity contribution is 7.99. The predicted octanol–water partition coefficient (Wildman–Crippen LogP) is 5.53. The Morgan fingerprint density at radius 1 is 1.03 bits per heavy atom. The van der Waals surface area contributed by atoms with Crippen LogP contribution >= 0.6 is 11.8 Å². The van der Waals surface area contributed by atoms with Crippen molar-refractivity contribution in [2.24, 2.45) is 0 Å². The fourth-order valence-electron chi connectivity index (χ4n) is 3.50. The molecular weight excluding hydrogens is 479 g/mol. The van der Waals surface area contributed by atoms with E-state index in [-0.39, 0.29) is 22.2 Å². The van der Waals surface area contributed by atoms with E-state index >= 15 is 0 Å². The number of hydrogen-bond acceptors (Lipinski definition) is 5. The molecule has 0 spiro atoms. The van der Waals surface area contributed by atoms with Crippen molar-refractivity contribution in [1.82, 2.24) is 9.55 Å². The van der Waals surface area contributed by atoms with Gasteiger partial charge in [0.1, 0.15) is 5.75 Å². The molecule has 0 radical (unpaired) electrons. The molecule has 0 atom stereocenters. The van der Waals surface area contributed by atoms with Crippen molar-refractivity contribution in [3.8, 4) is 11.4 Å². The first-order valence-corrected chi connectivity index (χ1v) is 11.6. The molecule has 0 aliphatic carbocycles. The molecule has 4 aromatic rings. The van der Waals surface area contributed by atoms with Crippen LogP contribution in [-0.4, -0.2) is 27.8 Å².